The average molecular weight is 421 g/mol. The Morgan fingerprint density at radius 2 is 1.50 bits per heavy atom. The minimum absolute atomic E-state index is 0.00493. The molecular weight excluding hydrogens is 403 g/mol. The second kappa shape index (κ2) is 9.24. The van der Waals surface area contributed by atoms with Gasteiger partial charge in [-0.1, -0.05) is 0 Å². The van der Waals surface area contributed by atoms with E-state index in [0.29, 0.717) is 0 Å². The Bertz CT molecular complexity index is 854. The van der Waals surface area contributed by atoms with E-state index in [-0.39, 0.29) is 34.5 Å². The van der Waals surface area contributed by atoms with Crippen LogP contribution in [-0.4, -0.2) is 45.5 Å². The lowest BCUT2D eigenvalue weighted by Gasteiger charge is -2.14. The summed E-state index contributed by atoms with van der Waals surface area (Å²) in [6.07, 6.45) is -4.78. The first-order valence-corrected chi connectivity index (χ1v) is 9.53. The van der Waals surface area contributed by atoms with Gasteiger partial charge in [-0.3, -0.25) is 0 Å². The van der Waals surface area contributed by atoms with Crippen LogP contribution in [0.2, 0.25) is 0 Å². The topological polar surface area (TPSA) is 94.1 Å². The molecule has 0 amide bonds. The number of methoxy groups -OCH3 is 1. The Labute approximate surface area is 159 Å². The van der Waals surface area contributed by atoms with Crippen LogP contribution in [0.25, 0.3) is 0 Å². The quantitative estimate of drug-likeness (QED) is 0.601. The van der Waals surface area contributed by atoms with Gasteiger partial charge in [0.15, 0.2) is 9.84 Å². The molecule has 0 heterocycles. The molecule has 0 aliphatic carbocycles. The molecule has 0 saturated heterocycles. The van der Waals surface area contributed by atoms with Crippen molar-refractivity contribution in [1.29, 1.82) is 0 Å². The van der Waals surface area contributed by atoms with Gasteiger partial charge in [-0.15, -0.1) is 13.2 Å². The van der Waals surface area contributed by atoms with Crippen molar-refractivity contribution in [1.82, 2.24) is 5.48 Å². The molecule has 7 nitrogen and oxygen atoms in total. The molecule has 0 fully saturated rings. The highest BCUT2D eigenvalue weighted by molar-refractivity contribution is 7.91. The first-order valence-electron chi connectivity index (χ1n) is 7.88. The summed E-state index contributed by atoms with van der Waals surface area (Å²) < 4.78 is 75.2. The Morgan fingerprint density at radius 1 is 1.00 bits per heavy atom. The predicted molar refractivity (Wildman–Crippen MR) is 92.3 cm³/mol. The van der Waals surface area contributed by atoms with Gasteiger partial charge in [-0.25, -0.2) is 8.42 Å². The first-order chi connectivity index (χ1) is 13.1. The smallest absolute Gasteiger partial charge is 0.457 e. The maximum atomic E-state index is 12.3. The van der Waals surface area contributed by atoms with Gasteiger partial charge in [-0.05, 0) is 48.5 Å². The number of halogens is 3. The maximum Gasteiger partial charge on any atom is 0.573 e. The third-order valence-electron chi connectivity index (χ3n) is 3.45. The van der Waals surface area contributed by atoms with Gasteiger partial charge in [-0.2, -0.15) is 5.48 Å². The number of hydrogen-bond donors (Lipinski definition) is 2. The number of benzene rings is 2. The molecule has 2 N–H and O–H groups in total. The molecule has 154 valence electrons. The van der Waals surface area contributed by atoms with E-state index >= 15 is 0 Å². The van der Waals surface area contributed by atoms with Crippen molar-refractivity contribution in [3.8, 4) is 17.2 Å². The van der Waals surface area contributed by atoms with Crippen LogP contribution in [0.3, 0.4) is 0 Å². The molecule has 0 bridgehead atoms. The summed E-state index contributed by atoms with van der Waals surface area (Å²) in [7, 11) is -2.31. The number of hydroxylamine groups is 1. The van der Waals surface area contributed by atoms with Crippen molar-refractivity contribution in [3.63, 3.8) is 0 Å². The molecule has 2 rings (SSSR count). The van der Waals surface area contributed by atoms with Crippen LogP contribution >= 0.6 is 0 Å². The van der Waals surface area contributed by atoms with E-state index in [2.05, 4.69) is 4.74 Å². The molecule has 0 saturated carbocycles. The lowest BCUT2D eigenvalue weighted by atomic mass is 10.3. The standard InChI is InChI=1S/C17H18F3NO6S/c1-25-10-12(21-22)11-28(23,24)16-8-6-14(7-9-16)26-13-2-4-15(5-3-13)27-17(18,19)20/h2-9,12,21-22H,10-11H2,1H3. The lowest BCUT2D eigenvalue weighted by Crippen LogP contribution is -2.37. The molecule has 2 aromatic carbocycles. The lowest BCUT2D eigenvalue weighted by molar-refractivity contribution is -0.274. The van der Waals surface area contributed by atoms with E-state index in [4.69, 9.17) is 14.7 Å². The van der Waals surface area contributed by atoms with E-state index in [0.717, 1.165) is 12.1 Å². The molecular formula is C17H18F3NO6S. The normalized spacial score (nSPS) is 13.2. The third kappa shape index (κ3) is 6.68. The zero-order valence-corrected chi connectivity index (χ0v) is 15.5. The molecule has 2 aromatic rings. The van der Waals surface area contributed by atoms with Gasteiger partial charge in [0.25, 0.3) is 0 Å². The van der Waals surface area contributed by atoms with Crippen molar-refractivity contribution < 1.29 is 41.0 Å². The Balaban J connectivity index is 2.04. The summed E-state index contributed by atoms with van der Waals surface area (Å²) in [5.74, 6) is -0.227. The number of hydrogen-bond acceptors (Lipinski definition) is 7. The summed E-state index contributed by atoms with van der Waals surface area (Å²) in [5, 5.41) is 8.97. The fourth-order valence-corrected chi connectivity index (χ4v) is 3.69. The van der Waals surface area contributed by atoms with Gasteiger partial charge in [0.1, 0.15) is 17.2 Å². The Kier molecular flexibility index (Phi) is 7.24. The third-order valence-corrected chi connectivity index (χ3v) is 5.28. The second-order valence-electron chi connectivity index (χ2n) is 5.66. The number of rotatable bonds is 9. The number of sulfone groups is 1. The second-order valence-corrected chi connectivity index (χ2v) is 7.69. The molecule has 28 heavy (non-hydrogen) atoms. The summed E-state index contributed by atoms with van der Waals surface area (Å²) in [6.45, 7) is 0.00493. The minimum Gasteiger partial charge on any atom is -0.457 e. The highest BCUT2D eigenvalue weighted by Gasteiger charge is 2.31. The molecule has 11 heteroatoms. The highest BCUT2D eigenvalue weighted by Crippen LogP contribution is 2.28. The summed E-state index contributed by atoms with van der Waals surface area (Å²) in [4.78, 5) is 0.0186. The SMILES string of the molecule is COCC(CS(=O)(=O)c1ccc(Oc2ccc(OC(F)(F)F)cc2)cc1)NO. The van der Waals surface area contributed by atoms with Crippen molar-refractivity contribution in [2.75, 3.05) is 19.5 Å². The predicted octanol–water partition coefficient (Wildman–Crippen LogP) is 3.15. The Hall–Kier alpha value is -2.34. The number of nitrogens with one attached hydrogen (secondary N) is 1. The first kappa shape index (κ1) is 22.0. The summed E-state index contributed by atoms with van der Waals surface area (Å²) in [6, 6.07) is 9.44. The summed E-state index contributed by atoms with van der Waals surface area (Å²) in [5.41, 5.74) is 1.88. The number of ether oxygens (including phenoxy) is 3. The van der Waals surface area contributed by atoms with Crippen molar-refractivity contribution in [2.24, 2.45) is 0 Å². The van der Waals surface area contributed by atoms with Crippen molar-refractivity contribution in [2.45, 2.75) is 17.3 Å². The highest BCUT2D eigenvalue weighted by atomic mass is 32.2. The van der Waals surface area contributed by atoms with Crippen LogP contribution in [-0.2, 0) is 14.6 Å². The summed E-state index contributed by atoms with van der Waals surface area (Å²) >= 11 is 0. The molecule has 0 spiro atoms. The van der Waals surface area contributed by atoms with Crippen LogP contribution in [0.5, 0.6) is 17.2 Å². The molecule has 0 radical (unpaired) electrons. The zero-order chi connectivity index (χ0) is 20.8. The monoisotopic (exact) mass is 421 g/mol. The van der Waals surface area contributed by atoms with Crippen LogP contribution in [0, 0.1) is 0 Å². The minimum atomic E-state index is -4.78. The maximum absolute atomic E-state index is 12.3. The van der Waals surface area contributed by atoms with Crippen molar-refractivity contribution in [3.05, 3.63) is 48.5 Å². The molecule has 1 unspecified atom stereocenters. The van der Waals surface area contributed by atoms with Gasteiger partial charge in [0.2, 0.25) is 0 Å². The molecule has 1 atom stereocenters. The van der Waals surface area contributed by atoms with E-state index in [9.17, 15) is 21.6 Å². The fraction of sp³-hybridized carbons (Fsp3) is 0.294. The molecule has 0 aromatic heterocycles. The average Bonchev–Trinajstić information content (AvgIpc) is 2.62. The number of alkyl halides is 3. The van der Waals surface area contributed by atoms with E-state index < -0.39 is 22.2 Å². The van der Waals surface area contributed by atoms with E-state index in [1.54, 1.807) is 0 Å². The van der Waals surface area contributed by atoms with Crippen LogP contribution in [0.1, 0.15) is 0 Å². The fourth-order valence-electron chi connectivity index (χ4n) is 2.25. The zero-order valence-electron chi connectivity index (χ0n) is 14.6. The van der Waals surface area contributed by atoms with Gasteiger partial charge in [0, 0.05) is 7.11 Å². The van der Waals surface area contributed by atoms with Gasteiger partial charge in [0.05, 0.1) is 23.3 Å². The van der Waals surface area contributed by atoms with Crippen LogP contribution in [0.4, 0.5) is 13.2 Å². The van der Waals surface area contributed by atoms with Crippen LogP contribution in [0.15, 0.2) is 53.4 Å². The Morgan fingerprint density at radius 3 is 1.96 bits per heavy atom. The van der Waals surface area contributed by atoms with E-state index in [1.165, 1.54) is 43.5 Å². The van der Waals surface area contributed by atoms with Gasteiger partial charge >= 0.3 is 6.36 Å². The van der Waals surface area contributed by atoms with Gasteiger partial charge < -0.3 is 19.4 Å². The van der Waals surface area contributed by atoms with Crippen molar-refractivity contribution >= 4 is 9.84 Å². The van der Waals surface area contributed by atoms with Crippen LogP contribution < -0.4 is 15.0 Å². The molecule has 0 aliphatic rings. The molecule has 0 aliphatic heterocycles. The van der Waals surface area contributed by atoms with E-state index in [1.807, 2.05) is 5.48 Å². The largest absolute Gasteiger partial charge is 0.573 e.